The van der Waals surface area contributed by atoms with Gasteiger partial charge in [-0.05, 0) is 76.9 Å². The zero-order valence-corrected chi connectivity index (χ0v) is 13.4. The number of hydrogen-bond acceptors (Lipinski definition) is 3. The molecule has 0 saturated carbocycles. The topological polar surface area (TPSA) is 44.1 Å². The molecule has 0 aromatic heterocycles. The fraction of sp³-hybridized carbons (Fsp3) is 0.556. The summed E-state index contributed by atoms with van der Waals surface area (Å²) in [7, 11) is 0. The molecule has 1 aromatic rings. The van der Waals surface area contributed by atoms with E-state index in [2.05, 4.69) is 24.8 Å². The van der Waals surface area contributed by atoms with Crippen LogP contribution in [-0.2, 0) is 10.2 Å². The fourth-order valence-electron chi connectivity index (χ4n) is 3.44. The molecule has 0 N–H and O–H groups in total. The molecule has 1 aliphatic rings. The SMILES string of the molecule is CC(=O)C1(c2cc(C#N)ccc2C)CCN(C(C)C)CC1. The molecule has 0 bridgehead atoms. The predicted molar refractivity (Wildman–Crippen MR) is 84.2 cm³/mol. The Kier molecular flexibility index (Phi) is 4.49. The van der Waals surface area contributed by atoms with Gasteiger partial charge in [0.1, 0.15) is 5.78 Å². The Balaban J connectivity index is 2.42. The molecule has 3 heteroatoms. The fourth-order valence-corrected chi connectivity index (χ4v) is 3.44. The molecule has 21 heavy (non-hydrogen) atoms. The summed E-state index contributed by atoms with van der Waals surface area (Å²) in [4.78, 5) is 14.9. The number of ketones is 1. The number of benzene rings is 1. The van der Waals surface area contributed by atoms with Crippen molar-refractivity contribution >= 4 is 5.78 Å². The quantitative estimate of drug-likeness (QED) is 0.856. The standard InChI is InChI=1S/C18H24N2O/c1-13(2)20-9-7-18(8-10-20,15(4)21)17-11-16(12-19)6-5-14(17)3/h5-6,11,13H,7-10H2,1-4H3. The minimum Gasteiger partial charge on any atom is -0.301 e. The predicted octanol–water partition coefficient (Wildman–Crippen LogP) is 3.20. The van der Waals surface area contributed by atoms with Gasteiger partial charge in [-0.2, -0.15) is 5.26 Å². The van der Waals surface area contributed by atoms with Crippen LogP contribution in [0.5, 0.6) is 0 Å². The van der Waals surface area contributed by atoms with E-state index in [1.807, 2.05) is 25.1 Å². The van der Waals surface area contributed by atoms with Crippen molar-refractivity contribution in [3.8, 4) is 6.07 Å². The van der Waals surface area contributed by atoms with Gasteiger partial charge in [0.05, 0.1) is 17.0 Å². The van der Waals surface area contributed by atoms with E-state index in [0.717, 1.165) is 37.1 Å². The molecule has 1 fully saturated rings. The van der Waals surface area contributed by atoms with Crippen molar-refractivity contribution in [2.24, 2.45) is 0 Å². The van der Waals surface area contributed by atoms with Gasteiger partial charge >= 0.3 is 0 Å². The maximum absolute atomic E-state index is 12.4. The Bertz CT molecular complexity index is 575. The largest absolute Gasteiger partial charge is 0.301 e. The molecule has 0 aliphatic carbocycles. The lowest BCUT2D eigenvalue weighted by molar-refractivity contribution is -0.124. The van der Waals surface area contributed by atoms with Gasteiger partial charge in [0.2, 0.25) is 0 Å². The molecule has 0 amide bonds. The minimum atomic E-state index is -0.414. The lowest BCUT2D eigenvalue weighted by Crippen LogP contribution is -2.48. The first-order valence-electron chi connectivity index (χ1n) is 7.67. The molecule has 1 aliphatic heterocycles. The second-order valence-corrected chi connectivity index (χ2v) is 6.41. The first kappa shape index (κ1) is 15.7. The van der Waals surface area contributed by atoms with Crippen LogP contribution < -0.4 is 0 Å². The summed E-state index contributed by atoms with van der Waals surface area (Å²) < 4.78 is 0. The Morgan fingerprint density at radius 1 is 1.33 bits per heavy atom. The van der Waals surface area contributed by atoms with Gasteiger partial charge in [-0.1, -0.05) is 6.07 Å². The van der Waals surface area contributed by atoms with Crippen LogP contribution in [0.15, 0.2) is 18.2 Å². The van der Waals surface area contributed by atoms with Crippen LogP contribution in [-0.4, -0.2) is 29.8 Å². The molecule has 1 heterocycles. The van der Waals surface area contributed by atoms with Gasteiger partial charge in [-0.15, -0.1) is 0 Å². The van der Waals surface area contributed by atoms with E-state index in [9.17, 15) is 4.79 Å². The lowest BCUT2D eigenvalue weighted by atomic mass is 9.68. The highest BCUT2D eigenvalue weighted by Gasteiger charge is 2.41. The maximum Gasteiger partial charge on any atom is 0.140 e. The van der Waals surface area contributed by atoms with Crippen molar-refractivity contribution in [3.63, 3.8) is 0 Å². The maximum atomic E-state index is 12.4. The van der Waals surface area contributed by atoms with Gasteiger partial charge in [0.25, 0.3) is 0 Å². The Morgan fingerprint density at radius 2 is 1.95 bits per heavy atom. The van der Waals surface area contributed by atoms with Crippen LogP contribution in [0.25, 0.3) is 0 Å². The van der Waals surface area contributed by atoms with Crippen molar-refractivity contribution in [2.45, 2.75) is 52.0 Å². The van der Waals surface area contributed by atoms with Crippen molar-refractivity contribution in [1.82, 2.24) is 4.90 Å². The molecule has 0 atom stereocenters. The van der Waals surface area contributed by atoms with Crippen LogP contribution in [0.1, 0.15) is 50.3 Å². The summed E-state index contributed by atoms with van der Waals surface area (Å²) >= 11 is 0. The number of piperidine rings is 1. The highest BCUT2D eigenvalue weighted by molar-refractivity contribution is 5.88. The Hall–Kier alpha value is -1.66. The Morgan fingerprint density at radius 3 is 2.43 bits per heavy atom. The van der Waals surface area contributed by atoms with Gasteiger partial charge in [-0.3, -0.25) is 4.79 Å². The van der Waals surface area contributed by atoms with E-state index in [0.29, 0.717) is 11.6 Å². The zero-order chi connectivity index (χ0) is 15.6. The molecule has 1 aromatic carbocycles. The van der Waals surface area contributed by atoms with E-state index >= 15 is 0 Å². The van der Waals surface area contributed by atoms with E-state index < -0.39 is 5.41 Å². The third-order valence-electron chi connectivity index (χ3n) is 4.94. The first-order valence-corrected chi connectivity index (χ1v) is 7.67. The number of Topliss-reactive ketones (excluding diaryl/α,β-unsaturated/α-hetero) is 1. The third-order valence-corrected chi connectivity index (χ3v) is 4.94. The molecule has 0 unspecified atom stereocenters. The van der Waals surface area contributed by atoms with E-state index in [4.69, 9.17) is 5.26 Å². The van der Waals surface area contributed by atoms with Gasteiger partial charge in [-0.25, -0.2) is 0 Å². The van der Waals surface area contributed by atoms with Crippen LogP contribution >= 0.6 is 0 Å². The van der Waals surface area contributed by atoms with Crippen LogP contribution in [0, 0.1) is 18.3 Å². The summed E-state index contributed by atoms with van der Waals surface area (Å²) in [5, 5.41) is 9.15. The number of carbonyl (C=O) groups is 1. The number of nitriles is 1. The zero-order valence-electron chi connectivity index (χ0n) is 13.4. The van der Waals surface area contributed by atoms with Gasteiger partial charge in [0, 0.05) is 6.04 Å². The second kappa shape index (κ2) is 5.99. The molecule has 0 spiro atoms. The Labute approximate surface area is 127 Å². The van der Waals surface area contributed by atoms with Crippen LogP contribution in [0.2, 0.25) is 0 Å². The second-order valence-electron chi connectivity index (χ2n) is 6.41. The molecule has 3 nitrogen and oxygen atoms in total. The molecule has 112 valence electrons. The van der Waals surface area contributed by atoms with Crippen LogP contribution in [0.3, 0.4) is 0 Å². The number of aryl methyl sites for hydroxylation is 1. The van der Waals surface area contributed by atoms with Crippen LogP contribution in [0.4, 0.5) is 0 Å². The van der Waals surface area contributed by atoms with E-state index in [1.165, 1.54) is 0 Å². The summed E-state index contributed by atoms with van der Waals surface area (Å²) in [6.45, 7) is 10.0. The molecular formula is C18H24N2O. The monoisotopic (exact) mass is 284 g/mol. The third kappa shape index (κ3) is 2.87. The van der Waals surface area contributed by atoms with Crippen molar-refractivity contribution < 1.29 is 4.79 Å². The number of likely N-dealkylation sites (tertiary alicyclic amines) is 1. The number of rotatable bonds is 3. The van der Waals surface area contributed by atoms with E-state index in [-0.39, 0.29) is 5.78 Å². The first-order chi connectivity index (χ1) is 9.90. The lowest BCUT2D eigenvalue weighted by Gasteiger charge is -2.42. The summed E-state index contributed by atoms with van der Waals surface area (Å²) in [6, 6.07) is 8.42. The summed E-state index contributed by atoms with van der Waals surface area (Å²) in [5.41, 5.74) is 2.39. The molecule has 1 saturated heterocycles. The molecular weight excluding hydrogens is 260 g/mol. The average molecular weight is 284 g/mol. The number of hydrogen-bond donors (Lipinski definition) is 0. The smallest absolute Gasteiger partial charge is 0.140 e. The van der Waals surface area contributed by atoms with Crippen molar-refractivity contribution in [1.29, 1.82) is 5.26 Å². The highest BCUT2D eigenvalue weighted by atomic mass is 16.1. The number of carbonyl (C=O) groups excluding carboxylic acids is 1. The average Bonchev–Trinajstić information content (AvgIpc) is 2.47. The van der Waals surface area contributed by atoms with Gasteiger partial charge < -0.3 is 4.90 Å². The van der Waals surface area contributed by atoms with Gasteiger partial charge in [0.15, 0.2) is 0 Å². The van der Waals surface area contributed by atoms with Crippen molar-refractivity contribution in [3.05, 3.63) is 34.9 Å². The van der Waals surface area contributed by atoms with E-state index in [1.54, 1.807) is 6.92 Å². The minimum absolute atomic E-state index is 0.226. The summed E-state index contributed by atoms with van der Waals surface area (Å²) in [6.07, 6.45) is 1.69. The molecule has 2 rings (SSSR count). The highest BCUT2D eigenvalue weighted by Crippen LogP contribution is 2.39. The number of nitrogens with zero attached hydrogens (tertiary/aromatic N) is 2. The normalized spacial score (nSPS) is 18.5. The van der Waals surface area contributed by atoms with Crippen molar-refractivity contribution in [2.75, 3.05) is 13.1 Å². The summed E-state index contributed by atoms with van der Waals surface area (Å²) in [5.74, 6) is 0.226. The molecule has 0 radical (unpaired) electrons.